The molecule has 0 aliphatic carbocycles. The summed E-state index contributed by atoms with van der Waals surface area (Å²) >= 11 is 0. The van der Waals surface area contributed by atoms with Crippen LogP contribution in [0.3, 0.4) is 0 Å². The van der Waals surface area contributed by atoms with Gasteiger partial charge in [-0.05, 0) is 25.5 Å². The predicted molar refractivity (Wildman–Crippen MR) is 52.1 cm³/mol. The summed E-state index contributed by atoms with van der Waals surface area (Å²) in [5, 5.41) is 0. The Morgan fingerprint density at radius 3 is 2.67 bits per heavy atom. The molecule has 0 aliphatic rings. The van der Waals surface area contributed by atoms with Gasteiger partial charge >= 0.3 is 5.97 Å². The maximum atomic E-state index is 13.4. The monoisotopic (exact) mass is 210 g/mol. The van der Waals surface area contributed by atoms with Crippen LogP contribution in [0.4, 0.5) is 4.39 Å². The van der Waals surface area contributed by atoms with Crippen molar-refractivity contribution in [2.45, 2.75) is 13.8 Å². The lowest BCUT2D eigenvalue weighted by Gasteiger charge is -2.03. The summed E-state index contributed by atoms with van der Waals surface area (Å²) in [5.41, 5.74) is 0.0820. The summed E-state index contributed by atoms with van der Waals surface area (Å²) in [5.74, 6) is -2.64. The zero-order valence-corrected chi connectivity index (χ0v) is 8.54. The number of rotatable bonds is 3. The van der Waals surface area contributed by atoms with E-state index in [1.54, 1.807) is 6.92 Å². The molecule has 0 atom stereocenters. The lowest BCUT2D eigenvalue weighted by molar-refractivity contribution is -0.137. The number of ketones is 1. The number of ether oxygens (including phenoxy) is 1. The highest BCUT2D eigenvalue weighted by Crippen LogP contribution is 2.12. The normalized spacial score (nSPS) is 9.80. The predicted octanol–water partition coefficient (Wildman–Crippen LogP) is 1.88. The molecule has 0 spiro atoms. The molecule has 0 heterocycles. The summed E-state index contributed by atoms with van der Waals surface area (Å²) < 4.78 is 17.9. The number of Topliss-reactive ketones (excluding diaryl/α,β-unsaturated/α-hetero) is 1. The van der Waals surface area contributed by atoms with Gasteiger partial charge in [-0.2, -0.15) is 0 Å². The minimum absolute atomic E-state index is 0.0952. The van der Waals surface area contributed by atoms with Crippen molar-refractivity contribution in [3.8, 4) is 0 Å². The van der Waals surface area contributed by atoms with Crippen molar-refractivity contribution in [3.05, 3.63) is 35.1 Å². The van der Waals surface area contributed by atoms with Gasteiger partial charge in [0.15, 0.2) is 0 Å². The highest BCUT2D eigenvalue weighted by molar-refractivity contribution is 6.40. The summed E-state index contributed by atoms with van der Waals surface area (Å²) in [4.78, 5) is 22.5. The van der Waals surface area contributed by atoms with Crippen LogP contribution in [0.2, 0.25) is 0 Å². The first-order chi connectivity index (χ1) is 7.07. The summed E-state index contributed by atoms with van der Waals surface area (Å²) in [7, 11) is 0. The Morgan fingerprint density at radius 2 is 2.07 bits per heavy atom. The number of aryl methyl sites for hydroxylation is 1. The van der Waals surface area contributed by atoms with E-state index >= 15 is 0 Å². The smallest absolute Gasteiger partial charge is 0.379 e. The molecule has 0 unspecified atom stereocenters. The van der Waals surface area contributed by atoms with Crippen molar-refractivity contribution in [1.82, 2.24) is 0 Å². The van der Waals surface area contributed by atoms with Crippen molar-refractivity contribution in [3.63, 3.8) is 0 Å². The summed E-state index contributed by atoms with van der Waals surface area (Å²) in [6.07, 6.45) is 0. The van der Waals surface area contributed by atoms with Gasteiger partial charge in [-0.1, -0.05) is 12.1 Å². The van der Waals surface area contributed by atoms with Crippen LogP contribution in [0.15, 0.2) is 18.2 Å². The molecule has 1 rings (SSSR count). The van der Waals surface area contributed by atoms with Gasteiger partial charge in [0.1, 0.15) is 5.82 Å². The average Bonchev–Trinajstić information content (AvgIpc) is 2.21. The van der Waals surface area contributed by atoms with E-state index in [0.29, 0.717) is 5.56 Å². The fraction of sp³-hybridized carbons (Fsp3) is 0.273. The number of halogens is 1. The zero-order valence-electron chi connectivity index (χ0n) is 8.54. The largest absolute Gasteiger partial charge is 0.460 e. The standard InChI is InChI=1S/C11H11FO3/c1-3-15-11(14)10(13)8-6-4-5-7(2)9(8)12/h4-6H,3H2,1-2H3. The molecule has 0 radical (unpaired) electrons. The van der Waals surface area contributed by atoms with Gasteiger partial charge in [0.2, 0.25) is 0 Å². The molecule has 0 saturated carbocycles. The van der Waals surface area contributed by atoms with Gasteiger partial charge in [0.25, 0.3) is 5.78 Å². The van der Waals surface area contributed by atoms with Crippen molar-refractivity contribution in [2.75, 3.05) is 6.61 Å². The molecule has 0 saturated heterocycles. The highest BCUT2D eigenvalue weighted by Gasteiger charge is 2.21. The van der Waals surface area contributed by atoms with Crippen LogP contribution < -0.4 is 0 Å². The number of esters is 1. The molecule has 0 fully saturated rings. The first kappa shape index (κ1) is 11.4. The Hall–Kier alpha value is -1.71. The number of carbonyl (C=O) groups excluding carboxylic acids is 2. The molecule has 1 aromatic rings. The van der Waals surface area contributed by atoms with E-state index in [1.807, 2.05) is 0 Å². The summed E-state index contributed by atoms with van der Waals surface area (Å²) in [6, 6.07) is 4.31. The second kappa shape index (κ2) is 4.68. The van der Waals surface area contributed by atoms with Gasteiger partial charge in [0.05, 0.1) is 12.2 Å². The maximum Gasteiger partial charge on any atom is 0.379 e. The van der Waals surface area contributed by atoms with Crippen molar-refractivity contribution >= 4 is 11.8 Å². The minimum atomic E-state index is -1.03. The second-order valence-corrected chi connectivity index (χ2v) is 2.99. The number of benzene rings is 1. The maximum absolute atomic E-state index is 13.4. The first-order valence-electron chi connectivity index (χ1n) is 4.54. The lowest BCUT2D eigenvalue weighted by atomic mass is 10.1. The van der Waals surface area contributed by atoms with Crippen LogP contribution in [0, 0.1) is 12.7 Å². The Bertz CT molecular complexity index is 399. The van der Waals surface area contributed by atoms with Crippen molar-refractivity contribution in [1.29, 1.82) is 0 Å². The van der Waals surface area contributed by atoms with Crippen LogP contribution in [0.25, 0.3) is 0 Å². The van der Waals surface area contributed by atoms with E-state index in [4.69, 9.17) is 0 Å². The van der Waals surface area contributed by atoms with E-state index in [1.165, 1.54) is 25.1 Å². The molecule has 0 aliphatic heterocycles. The number of hydrogen-bond acceptors (Lipinski definition) is 3. The van der Waals surface area contributed by atoms with Crippen LogP contribution in [0.1, 0.15) is 22.8 Å². The fourth-order valence-electron chi connectivity index (χ4n) is 1.13. The third-order valence-electron chi connectivity index (χ3n) is 1.90. The van der Waals surface area contributed by atoms with Crippen molar-refractivity contribution in [2.24, 2.45) is 0 Å². The van der Waals surface area contributed by atoms with Crippen LogP contribution in [-0.4, -0.2) is 18.4 Å². The zero-order chi connectivity index (χ0) is 11.4. The van der Waals surface area contributed by atoms with Crippen LogP contribution in [0.5, 0.6) is 0 Å². The molecular formula is C11H11FO3. The van der Waals surface area contributed by atoms with E-state index in [9.17, 15) is 14.0 Å². The topological polar surface area (TPSA) is 43.4 Å². The molecule has 0 N–H and O–H groups in total. The molecule has 80 valence electrons. The third kappa shape index (κ3) is 2.40. The lowest BCUT2D eigenvalue weighted by Crippen LogP contribution is -2.19. The molecule has 1 aromatic carbocycles. The van der Waals surface area contributed by atoms with Crippen molar-refractivity contribution < 1.29 is 18.7 Å². The minimum Gasteiger partial charge on any atom is -0.460 e. The Balaban J connectivity index is 3.01. The van der Waals surface area contributed by atoms with Gasteiger partial charge in [-0.15, -0.1) is 0 Å². The molecule has 4 heteroatoms. The Kier molecular flexibility index (Phi) is 3.55. The molecular weight excluding hydrogens is 199 g/mol. The second-order valence-electron chi connectivity index (χ2n) is 2.99. The average molecular weight is 210 g/mol. The molecule has 15 heavy (non-hydrogen) atoms. The van der Waals surface area contributed by atoms with E-state index in [2.05, 4.69) is 4.74 Å². The van der Waals surface area contributed by atoms with E-state index in [0.717, 1.165) is 0 Å². The van der Waals surface area contributed by atoms with E-state index < -0.39 is 17.6 Å². The third-order valence-corrected chi connectivity index (χ3v) is 1.90. The highest BCUT2D eigenvalue weighted by atomic mass is 19.1. The molecule has 0 bridgehead atoms. The quantitative estimate of drug-likeness (QED) is 0.434. The molecule has 3 nitrogen and oxygen atoms in total. The van der Waals surface area contributed by atoms with Gasteiger partial charge in [0, 0.05) is 0 Å². The summed E-state index contributed by atoms with van der Waals surface area (Å²) in [6.45, 7) is 3.20. The molecule has 0 aromatic heterocycles. The van der Waals surface area contributed by atoms with Crippen LogP contribution >= 0.6 is 0 Å². The fourth-order valence-corrected chi connectivity index (χ4v) is 1.13. The van der Waals surface area contributed by atoms with Gasteiger partial charge in [-0.3, -0.25) is 4.79 Å². The van der Waals surface area contributed by atoms with Crippen LogP contribution in [-0.2, 0) is 9.53 Å². The van der Waals surface area contributed by atoms with Gasteiger partial charge in [-0.25, -0.2) is 9.18 Å². The number of carbonyl (C=O) groups is 2. The SMILES string of the molecule is CCOC(=O)C(=O)c1cccc(C)c1F. The van der Waals surface area contributed by atoms with E-state index in [-0.39, 0.29) is 12.2 Å². The Labute approximate surface area is 86.9 Å². The first-order valence-corrected chi connectivity index (χ1v) is 4.54. The number of hydrogen-bond donors (Lipinski definition) is 0. The molecule has 0 amide bonds. The van der Waals surface area contributed by atoms with Gasteiger partial charge < -0.3 is 4.74 Å². The Morgan fingerprint density at radius 1 is 1.40 bits per heavy atom.